The highest BCUT2D eigenvalue weighted by molar-refractivity contribution is 5.38. The van der Waals surface area contributed by atoms with Gasteiger partial charge in [-0.25, -0.2) is 0 Å². The summed E-state index contributed by atoms with van der Waals surface area (Å²) in [6.07, 6.45) is 0. The van der Waals surface area contributed by atoms with Crippen LogP contribution in [0, 0.1) is 5.92 Å². The van der Waals surface area contributed by atoms with E-state index in [1.807, 2.05) is 13.0 Å². The van der Waals surface area contributed by atoms with E-state index < -0.39 is 0 Å². The van der Waals surface area contributed by atoms with Crippen molar-refractivity contribution in [2.45, 2.75) is 26.5 Å². The third kappa shape index (κ3) is 4.82. The normalized spacial score (nSPS) is 14.2. The van der Waals surface area contributed by atoms with Gasteiger partial charge in [0.15, 0.2) is 0 Å². The zero-order valence-electron chi connectivity index (χ0n) is 12.3. The lowest BCUT2D eigenvalue weighted by Gasteiger charge is -2.18. The number of methoxy groups -OCH3 is 2. The van der Waals surface area contributed by atoms with Crippen molar-refractivity contribution >= 4 is 0 Å². The van der Waals surface area contributed by atoms with Crippen molar-refractivity contribution in [1.29, 1.82) is 0 Å². The molecule has 4 nitrogen and oxygen atoms in total. The van der Waals surface area contributed by atoms with Gasteiger partial charge in [0.1, 0.15) is 5.75 Å². The van der Waals surface area contributed by atoms with Crippen LogP contribution in [0.25, 0.3) is 0 Å². The maximum Gasteiger partial charge on any atom is 0.124 e. The van der Waals surface area contributed by atoms with Gasteiger partial charge in [0.2, 0.25) is 0 Å². The quantitative estimate of drug-likeness (QED) is 0.757. The minimum Gasteiger partial charge on any atom is -0.496 e. The number of hydrogen-bond donors (Lipinski definition) is 2. The van der Waals surface area contributed by atoms with Gasteiger partial charge in [-0.3, -0.25) is 0 Å². The highest BCUT2D eigenvalue weighted by Gasteiger charge is 2.10. The number of nitrogens with one attached hydrogen (secondary N) is 1. The van der Waals surface area contributed by atoms with Crippen LogP contribution in [0.5, 0.6) is 5.75 Å². The monoisotopic (exact) mass is 267 g/mol. The second-order valence-electron chi connectivity index (χ2n) is 4.92. The van der Waals surface area contributed by atoms with E-state index >= 15 is 0 Å². The van der Waals surface area contributed by atoms with Crippen molar-refractivity contribution < 1.29 is 14.6 Å². The summed E-state index contributed by atoms with van der Waals surface area (Å²) in [7, 11) is 3.34. The van der Waals surface area contributed by atoms with E-state index in [-0.39, 0.29) is 18.6 Å². The van der Waals surface area contributed by atoms with E-state index in [9.17, 15) is 0 Å². The van der Waals surface area contributed by atoms with E-state index in [1.165, 1.54) is 5.56 Å². The third-order valence-corrected chi connectivity index (χ3v) is 3.19. The molecule has 1 aromatic carbocycles. The molecule has 2 N–H and O–H groups in total. The minimum absolute atomic E-state index is 0.206. The van der Waals surface area contributed by atoms with E-state index in [2.05, 4.69) is 24.4 Å². The minimum atomic E-state index is 0.206. The predicted molar refractivity (Wildman–Crippen MR) is 76.4 cm³/mol. The summed E-state index contributed by atoms with van der Waals surface area (Å²) in [5, 5.41) is 12.4. The van der Waals surface area contributed by atoms with E-state index in [0.29, 0.717) is 6.61 Å². The molecule has 4 heteroatoms. The Labute approximate surface area is 115 Å². The van der Waals surface area contributed by atoms with Gasteiger partial charge in [-0.15, -0.1) is 0 Å². The van der Waals surface area contributed by atoms with Gasteiger partial charge >= 0.3 is 0 Å². The topological polar surface area (TPSA) is 50.7 Å². The molecule has 0 amide bonds. The molecule has 2 unspecified atom stereocenters. The Morgan fingerprint density at radius 1 is 1.26 bits per heavy atom. The van der Waals surface area contributed by atoms with Crippen LogP contribution in [0.2, 0.25) is 0 Å². The lowest BCUT2D eigenvalue weighted by atomic mass is 10.0. The zero-order chi connectivity index (χ0) is 14.3. The molecule has 0 heterocycles. The van der Waals surface area contributed by atoms with E-state index in [4.69, 9.17) is 14.6 Å². The average Bonchev–Trinajstić information content (AvgIpc) is 2.44. The van der Waals surface area contributed by atoms with Crippen molar-refractivity contribution in [1.82, 2.24) is 5.32 Å². The summed E-state index contributed by atoms with van der Waals surface area (Å²) in [4.78, 5) is 0. The fourth-order valence-electron chi connectivity index (χ4n) is 1.90. The Balaban J connectivity index is 2.74. The number of hydrogen-bond acceptors (Lipinski definition) is 4. The summed E-state index contributed by atoms with van der Waals surface area (Å²) in [5.74, 6) is 1.11. The molecule has 1 aromatic rings. The molecule has 0 fully saturated rings. The van der Waals surface area contributed by atoms with Gasteiger partial charge in [0.05, 0.1) is 13.7 Å². The van der Waals surface area contributed by atoms with Crippen LogP contribution in [0.1, 0.15) is 31.0 Å². The SMILES string of the molecule is COCc1cc(C(C)NCC(C)CO)ccc1OC. The molecule has 0 saturated heterocycles. The maximum absolute atomic E-state index is 9.03. The van der Waals surface area contributed by atoms with Crippen molar-refractivity contribution in [3.05, 3.63) is 29.3 Å². The molecule has 0 bridgehead atoms. The van der Waals surface area contributed by atoms with Gasteiger partial charge in [0.25, 0.3) is 0 Å². The molecule has 0 aliphatic carbocycles. The van der Waals surface area contributed by atoms with Crippen molar-refractivity contribution in [3.63, 3.8) is 0 Å². The van der Waals surface area contributed by atoms with Crippen LogP contribution >= 0.6 is 0 Å². The molecule has 0 saturated carbocycles. The second kappa shape index (κ2) is 8.15. The van der Waals surface area contributed by atoms with Crippen LogP contribution in [0.3, 0.4) is 0 Å². The van der Waals surface area contributed by atoms with Gasteiger partial charge in [-0.05, 0) is 30.5 Å². The van der Waals surface area contributed by atoms with Crippen LogP contribution in [0.4, 0.5) is 0 Å². The average molecular weight is 267 g/mol. The summed E-state index contributed by atoms with van der Waals surface area (Å²) >= 11 is 0. The van der Waals surface area contributed by atoms with Gasteiger partial charge in [0, 0.05) is 31.9 Å². The third-order valence-electron chi connectivity index (χ3n) is 3.19. The van der Waals surface area contributed by atoms with Crippen molar-refractivity contribution in [2.75, 3.05) is 27.4 Å². The van der Waals surface area contributed by atoms with Gasteiger partial charge in [-0.1, -0.05) is 13.0 Å². The predicted octanol–water partition coefficient (Wildman–Crippen LogP) is 2.12. The maximum atomic E-state index is 9.03. The summed E-state index contributed by atoms with van der Waals surface area (Å²) < 4.78 is 10.5. The Morgan fingerprint density at radius 2 is 2.00 bits per heavy atom. The summed E-state index contributed by atoms with van der Waals surface area (Å²) in [6, 6.07) is 6.36. The Kier molecular flexibility index (Phi) is 6.84. The van der Waals surface area contributed by atoms with Crippen molar-refractivity contribution in [2.24, 2.45) is 5.92 Å². The smallest absolute Gasteiger partial charge is 0.124 e. The molecule has 1 rings (SSSR count). The largest absolute Gasteiger partial charge is 0.496 e. The highest BCUT2D eigenvalue weighted by Crippen LogP contribution is 2.24. The summed E-state index contributed by atoms with van der Waals surface area (Å²) in [6.45, 7) is 5.67. The van der Waals surface area contributed by atoms with Gasteiger partial charge < -0.3 is 19.9 Å². The van der Waals surface area contributed by atoms with E-state index in [1.54, 1.807) is 14.2 Å². The van der Waals surface area contributed by atoms with Crippen LogP contribution in [0.15, 0.2) is 18.2 Å². The second-order valence-corrected chi connectivity index (χ2v) is 4.92. The number of aliphatic hydroxyl groups excluding tert-OH is 1. The Bertz CT molecular complexity index is 382. The summed E-state index contributed by atoms with van der Waals surface area (Å²) in [5.41, 5.74) is 2.24. The van der Waals surface area contributed by atoms with Gasteiger partial charge in [-0.2, -0.15) is 0 Å². The first-order valence-electron chi connectivity index (χ1n) is 6.62. The number of rotatable bonds is 8. The van der Waals surface area contributed by atoms with Crippen LogP contribution < -0.4 is 10.1 Å². The molecule has 2 atom stereocenters. The molecule has 0 aliphatic heterocycles. The van der Waals surface area contributed by atoms with Crippen molar-refractivity contribution in [3.8, 4) is 5.75 Å². The molecule has 0 spiro atoms. The first-order valence-corrected chi connectivity index (χ1v) is 6.62. The number of aliphatic hydroxyl groups is 1. The van der Waals surface area contributed by atoms with E-state index in [0.717, 1.165) is 17.9 Å². The van der Waals surface area contributed by atoms with Crippen LogP contribution in [-0.2, 0) is 11.3 Å². The number of ether oxygens (including phenoxy) is 2. The Morgan fingerprint density at radius 3 is 2.58 bits per heavy atom. The lowest BCUT2D eigenvalue weighted by molar-refractivity contribution is 0.181. The fraction of sp³-hybridized carbons (Fsp3) is 0.600. The molecule has 19 heavy (non-hydrogen) atoms. The number of benzene rings is 1. The highest BCUT2D eigenvalue weighted by atomic mass is 16.5. The Hall–Kier alpha value is -1.10. The molecule has 0 aliphatic rings. The molecular formula is C15H25NO3. The molecule has 108 valence electrons. The lowest BCUT2D eigenvalue weighted by Crippen LogP contribution is -2.26. The molecule has 0 aromatic heterocycles. The first kappa shape index (κ1) is 16.0. The standard InChI is InChI=1S/C15H25NO3/c1-11(9-17)8-16-12(2)13-5-6-15(19-4)14(7-13)10-18-3/h5-7,11-12,16-17H,8-10H2,1-4H3. The van der Waals surface area contributed by atoms with Crippen LogP contribution in [-0.4, -0.2) is 32.5 Å². The molecular weight excluding hydrogens is 242 g/mol. The fourth-order valence-corrected chi connectivity index (χ4v) is 1.90. The zero-order valence-corrected chi connectivity index (χ0v) is 12.3. The molecule has 0 radical (unpaired) electrons. The first-order chi connectivity index (χ1) is 9.12.